The molecule has 1 aliphatic rings. The molecule has 1 fully saturated rings. The van der Waals surface area contributed by atoms with Gasteiger partial charge in [-0.15, -0.1) is 0 Å². The molecule has 1 atom stereocenters. The number of hydrogen-bond acceptors (Lipinski definition) is 4. The highest BCUT2D eigenvalue weighted by molar-refractivity contribution is 7.89. The lowest BCUT2D eigenvalue weighted by atomic mass is 10.2. The van der Waals surface area contributed by atoms with Gasteiger partial charge in [-0.25, -0.2) is 8.42 Å². The van der Waals surface area contributed by atoms with Crippen LogP contribution in [0.5, 0.6) is 0 Å². The Kier molecular flexibility index (Phi) is 3.78. The number of nitrogens with zero attached hydrogens (tertiary/aromatic N) is 1. The summed E-state index contributed by atoms with van der Waals surface area (Å²) in [6.07, 6.45) is 0.774. The number of carbonyl (C=O) groups is 2. The summed E-state index contributed by atoms with van der Waals surface area (Å²) in [7, 11) is -3.94. The van der Waals surface area contributed by atoms with E-state index in [1.165, 1.54) is 18.2 Å². The fourth-order valence-electron chi connectivity index (χ4n) is 2.22. The maximum Gasteiger partial charge on any atom is 0.322 e. The van der Waals surface area contributed by atoms with Crippen LogP contribution in [0.15, 0.2) is 29.2 Å². The smallest absolute Gasteiger partial charge is 0.322 e. The highest BCUT2D eigenvalue weighted by Gasteiger charge is 2.39. The number of rotatable bonds is 4. The van der Waals surface area contributed by atoms with E-state index in [2.05, 4.69) is 0 Å². The van der Waals surface area contributed by atoms with Crippen molar-refractivity contribution in [3.05, 3.63) is 29.8 Å². The predicted molar refractivity (Wildman–Crippen MR) is 69.5 cm³/mol. The fourth-order valence-corrected chi connectivity index (χ4v) is 3.92. The van der Waals surface area contributed by atoms with Crippen LogP contribution in [0.3, 0.4) is 0 Å². The summed E-state index contributed by atoms with van der Waals surface area (Å²) in [5.41, 5.74) is 5.18. The monoisotopic (exact) mass is 298 g/mol. The van der Waals surface area contributed by atoms with Crippen molar-refractivity contribution in [2.75, 3.05) is 6.54 Å². The van der Waals surface area contributed by atoms with E-state index >= 15 is 0 Å². The van der Waals surface area contributed by atoms with E-state index in [9.17, 15) is 18.0 Å². The summed E-state index contributed by atoms with van der Waals surface area (Å²) in [5.74, 6) is -1.91. The predicted octanol–water partition coefficient (Wildman–Crippen LogP) is 0.0232. The summed E-state index contributed by atoms with van der Waals surface area (Å²) < 4.78 is 25.8. The SMILES string of the molecule is NC(=O)c1cccc(S(=O)(=O)N2CCC[C@@H]2C(=O)O)c1. The molecule has 1 heterocycles. The number of amides is 1. The zero-order valence-corrected chi connectivity index (χ0v) is 11.3. The summed E-state index contributed by atoms with van der Waals surface area (Å²) in [5, 5.41) is 9.06. The molecule has 0 spiro atoms. The third-order valence-corrected chi connectivity index (χ3v) is 5.12. The molecule has 2 rings (SSSR count). The quantitative estimate of drug-likeness (QED) is 0.812. The number of hydrogen-bond donors (Lipinski definition) is 2. The van der Waals surface area contributed by atoms with Gasteiger partial charge in [0.15, 0.2) is 0 Å². The summed E-state index contributed by atoms with van der Waals surface area (Å²) in [4.78, 5) is 22.1. The molecule has 1 aromatic rings. The van der Waals surface area contributed by atoms with Crippen molar-refractivity contribution in [3.8, 4) is 0 Å². The number of carboxylic acids is 1. The summed E-state index contributed by atoms with van der Waals surface area (Å²) in [6, 6.07) is 4.23. The lowest BCUT2D eigenvalue weighted by Crippen LogP contribution is -2.40. The summed E-state index contributed by atoms with van der Waals surface area (Å²) in [6.45, 7) is 0.153. The first-order valence-electron chi connectivity index (χ1n) is 5.98. The number of aliphatic carboxylic acids is 1. The molecule has 0 radical (unpaired) electrons. The zero-order chi connectivity index (χ0) is 14.9. The van der Waals surface area contributed by atoms with E-state index in [1.807, 2.05) is 0 Å². The summed E-state index contributed by atoms with van der Waals surface area (Å²) >= 11 is 0. The van der Waals surface area contributed by atoms with Gasteiger partial charge in [-0.2, -0.15) is 4.31 Å². The van der Waals surface area contributed by atoms with Crippen molar-refractivity contribution >= 4 is 21.9 Å². The van der Waals surface area contributed by atoms with Gasteiger partial charge < -0.3 is 10.8 Å². The molecular formula is C12H14N2O5S. The lowest BCUT2D eigenvalue weighted by molar-refractivity contribution is -0.140. The number of primary amides is 1. The molecule has 20 heavy (non-hydrogen) atoms. The molecule has 0 aromatic heterocycles. The van der Waals surface area contributed by atoms with Gasteiger partial charge in [0.2, 0.25) is 15.9 Å². The minimum Gasteiger partial charge on any atom is -0.480 e. The Hall–Kier alpha value is -1.93. The third-order valence-electron chi connectivity index (χ3n) is 3.21. The van der Waals surface area contributed by atoms with E-state index in [0.29, 0.717) is 6.42 Å². The van der Waals surface area contributed by atoms with Crippen molar-refractivity contribution in [3.63, 3.8) is 0 Å². The van der Waals surface area contributed by atoms with E-state index in [0.717, 1.165) is 10.4 Å². The molecule has 3 N–H and O–H groups in total. The Morgan fingerprint density at radius 3 is 2.65 bits per heavy atom. The molecule has 1 aliphatic heterocycles. The van der Waals surface area contributed by atoms with Crippen molar-refractivity contribution < 1.29 is 23.1 Å². The number of nitrogens with two attached hydrogens (primary N) is 1. The van der Waals surface area contributed by atoms with Crippen molar-refractivity contribution in [2.45, 2.75) is 23.8 Å². The molecule has 1 aromatic carbocycles. The molecule has 0 unspecified atom stereocenters. The Morgan fingerprint density at radius 2 is 2.05 bits per heavy atom. The van der Waals surface area contributed by atoms with Gasteiger partial charge in [-0.1, -0.05) is 6.07 Å². The lowest BCUT2D eigenvalue weighted by Gasteiger charge is -2.21. The van der Waals surface area contributed by atoms with Crippen LogP contribution < -0.4 is 5.73 Å². The number of carboxylic acid groups (broad SMARTS) is 1. The molecule has 8 heteroatoms. The van der Waals surface area contributed by atoms with Gasteiger partial charge in [0.05, 0.1) is 4.90 Å². The van der Waals surface area contributed by atoms with Crippen LogP contribution in [0.2, 0.25) is 0 Å². The van der Waals surface area contributed by atoms with Crippen LogP contribution in [-0.2, 0) is 14.8 Å². The van der Waals surface area contributed by atoms with E-state index in [4.69, 9.17) is 10.8 Å². The van der Waals surface area contributed by atoms with Crippen LogP contribution >= 0.6 is 0 Å². The highest BCUT2D eigenvalue weighted by atomic mass is 32.2. The normalized spacial score (nSPS) is 19.9. The average molecular weight is 298 g/mol. The second-order valence-electron chi connectivity index (χ2n) is 4.50. The highest BCUT2D eigenvalue weighted by Crippen LogP contribution is 2.26. The Bertz CT molecular complexity index is 656. The average Bonchev–Trinajstić information content (AvgIpc) is 2.89. The van der Waals surface area contributed by atoms with Gasteiger partial charge in [0, 0.05) is 12.1 Å². The largest absolute Gasteiger partial charge is 0.480 e. The first-order valence-corrected chi connectivity index (χ1v) is 7.42. The second-order valence-corrected chi connectivity index (χ2v) is 6.39. The molecule has 0 aliphatic carbocycles. The molecule has 0 saturated carbocycles. The van der Waals surface area contributed by atoms with E-state index in [-0.39, 0.29) is 23.4 Å². The standard InChI is InChI=1S/C12H14N2O5S/c13-11(15)8-3-1-4-9(7-8)20(18,19)14-6-2-5-10(14)12(16)17/h1,3-4,7,10H,2,5-6H2,(H2,13,15)(H,16,17)/t10-/m1/s1. The molecule has 1 amide bonds. The van der Waals surface area contributed by atoms with Crippen LogP contribution in [0.1, 0.15) is 23.2 Å². The Labute approximate surface area is 116 Å². The van der Waals surface area contributed by atoms with Gasteiger partial charge in [-0.3, -0.25) is 9.59 Å². The molecule has 0 bridgehead atoms. The number of carbonyl (C=O) groups excluding carboxylic acids is 1. The first-order chi connectivity index (χ1) is 9.34. The molecule has 7 nitrogen and oxygen atoms in total. The van der Waals surface area contributed by atoms with Crippen molar-refractivity contribution in [1.82, 2.24) is 4.31 Å². The second kappa shape index (κ2) is 5.22. The van der Waals surface area contributed by atoms with Crippen LogP contribution in [0.4, 0.5) is 0 Å². The van der Waals surface area contributed by atoms with Crippen LogP contribution in [-0.4, -0.2) is 42.3 Å². The molecule has 108 valence electrons. The maximum atomic E-state index is 12.4. The van der Waals surface area contributed by atoms with Crippen LogP contribution in [0, 0.1) is 0 Å². The topological polar surface area (TPSA) is 118 Å². The van der Waals surface area contributed by atoms with Gasteiger partial charge in [-0.05, 0) is 31.0 Å². The number of benzene rings is 1. The minimum absolute atomic E-state index is 0.0668. The maximum absolute atomic E-state index is 12.4. The Balaban J connectivity index is 2.42. The fraction of sp³-hybridized carbons (Fsp3) is 0.333. The van der Waals surface area contributed by atoms with Crippen molar-refractivity contribution in [2.24, 2.45) is 5.73 Å². The third kappa shape index (κ3) is 2.52. The van der Waals surface area contributed by atoms with Gasteiger partial charge in [0.25, 0.3) is 0 Å². The van der Waals surface area contributed by atoms with Crippen molar-refractivity contribution in [1.29, 1.82) is 0 Å². The first kappa shape index (κ1) is 14.5. The van der Waals surface area contributed by atoms with Gasteiger partial charge >= 0.3 is 5.97 Å². The Morgan fingerprint density at radius 1 is 1.35 bits per heavy atom. The minimum atomic E-state index is -3.94. The zero-order valence-electron chi connectivity index (χ0n) is 10.5. The van der Waals surface area contributed by atoms with Gasteiger partial charge in [0.1, 0.15) is 6.04 Å². The van der Waals surface area contributed by atoms with E-state index in [1.54, 1.807) is 0 Å². The molecule has 1 saturated heterocycles. The van der Waals surface area contributed by atoms with Crippen LogP contribution in [0.25, 0.3) is 0 Å². The van der Waals surface area contributed by atoms with E-state index < -0.39 is 27.9 Å². The number of sulfonamides is 1. The molecular weight excluding hydrogens is 284 g/mol.